The number of nitrogens with zero attached hydrogens (tertiary/aromatic N) is 1. The first kappa shape index (κ1) is 11.5. The molecule has 0 atom stereocenters. The molecule has 0 unspecified atom stereocenters. The van der Waals surface area contributed by atoms with E-state index in [1.807, 2.05) is 0 Å². The highest BCUT2D eigenvalue weighted by atomic mass is 127. The zero-order valence-corrected chi connectivity index (χ0v) is 11.4. The maximum Gasteiger partial charge on any atom is 0.0594 e. The van der Waals surface area contributed by atoms with Crippen molar-refractivity contribution in [2.24, 2.45) is 0 Å². The van der Waals surface area contributed by atoms with E-state index in [1.165, 1.54) is 16.8 Å². The minimum Gasteiger partial charge on any atom is -0.310 e. The van der Waals surface area contributed by atoms with Crippen LogP contribution in [0.5, 0.6) is 0 Å². The van der Waals surface area contributed by atoms with Crippen molar-refractivity contribution in [2.45, 2.75) is 13.5 Å². The highest BCUT2D eigenvalue weighted by molar-refractivity contribution is 14.1. The monoisotopic (exact) mass is 323 g/mol. The van der Waals surface area contributed by atoms with Gasteiger partial charge in [0.25, 0.3) is 0 Å². The predicted octanol–water partition coefficient (Wildman–Crippen LogP) is 4.35. The lowest BCUT2D eigenvalue weighted by Crippen LogP contribution is -2.09. The van der Waals surface area contributed by atoms with Gasteiger partial charge in [0.1, 0.15) is 0 Å². The summed E-state index contributed by atoms with van der Waals surface area (Å²) in [5.41, 5.74) is 3.93. The fourth-order valence-electron chi connectivity index (χ4n) is 1.66. The molecule has 0 fully saturated rings. The van der Waals surface area contributed by atoms with E-state index in [1.54, 1.807) is 0 Å². The van der Waals surface area contributed by atoms with Gasteiger partial charge < -0.3 is 3.11 Å². The van der Waals surface area contributed by atoms with Crippen LogP contribution < -0.4 is 3.11 Å². The molecule has 0 aromatic heterocycles. The molecule has 2 aromatic carbocycles. The summed E-state index contributed by atoms with van der Waals surface area (Å²) in [5.74, 6) is 0. The molecule has 16 heavy (non-hydrogen) atoms. The molecule has 82 valence electrons. The highest BCUT2D eigenvalue weighted by Crippen LogP contribution is 2.24. The molecule has 2 aromatic rings. The Morgan fingerprint density at radius 2 is 1.56 bits per heavy atom. The number of hydrogen-bond acceptors (Lipinski definition) is 1. The van der Waals surface area contributed by atoms with Crippen molar-refractivity contribution >= 4 is 28.6 Å². The Bertz CT molecular complexity index is 453. The largest absolute Gasteiger partial charge is 0.310 e. The van der Waals surface area contributed by atoms with E-state index in [9.17, 15) is 0 Å². The van der Waals surface area contributed by atoms with Gasteiger partial charge in [-0.15, -0.1) is 0 Å². The van der Waals surface area contributed by atoms with Crippen molar-refractivity contribution < 1.29 is 0 Å². The van der Waals surface area contributed by atoms with Crippen LogP contribution in [0.2, 0.25) is 0 Å². The van der Waals surface area contributed by atoms with Crippen molar-refractivity contribution in [3.8, 4) is 0 Å². The topological polar surface area (TPSA) is 3.24 Å². The molecule has 0 aliphatic heterocycles. The average Bonchev–Trinajstić information content (AvgIpc) is 2.31. The first-order valence-corrected chi connectivity index (χ1v) is 6.27. The quantitative estimate of drug-likeness (QED) is 0.599. The Kier molecular flexibility index (Phi) is 3.83. The van der Waals surface area contributed by atoms with Crippen LogP contribution in [0.3, 0.4) is 0 Å². The summed E-state index contributed by atoms with van der Waals surface area (Å²) < 4.78 is 2.25. The van der Waals surface area contributed by atoms with Crippen LogP contribution in [0.4, 0.5) is 5.69 Å². The lowest BCUT2D eigenvalue weighted by atomic mass is 10.2. The van der Waals surface area contributed by atoms with Crippen molar-refractivity contribution in [3.05, 3.63) is 65.7 Å². The number of anilines is 1. The number of benzene rings is 2. The molecule has 0 spiro atoms. The summed E-state index contributed by atoms with van der Waals surface area (Å²) in [5, 5.41) is 0. The van der Waals surface area contributed by atoms with E-state index in [-0.39, 0.29) is 0 Å². The molecule has 0 aliphatic rings. The van der Waals surface area contributed by atoms with E-state index in [2.05, 4.69) is 87.5 Å². The lowest BCUT2D eigenvalue weighted by molar-refractivity contribution is 1.08. The molecular formula is C14H14IN. The Hall–Kier alpha value is -1.03. The lowest BCUT2D eigenvalue weighted by Gasteiger charge is -2.18. The fraction of sp³-hybridized carbons (Fsp3) is 0.143. The SMILES string of the molecule is Cc1ccccc1N(I)Cc1ccccc1. The van der Waals surface area contributed by atoms with Crippen LogP contribution in [0.25, 0.3) is 0 Å². The normalized spacial score (nSPS) is 10.1. The van der Waals surface area contributed by atoms with Crippen LogP contribution in [-0.2, 0) is 6.54 Å². The van der Waals surface area contributed by atoms with E-state index < -0.39 is 0 Å². The molecule has 0 amide bonds. The van der Waals surface area contributed by atoms with Crippen LogP contribution in [-0.4, -0.2) is 0 Å². The molecule has 0 bridgehead atoms. The number of hydrogen-bond donors (Lipinski definition) is 0. The maximum atomic E-state index is 2.37. The van der Waals surface area contributed by atoms with E-state index in [0.717, 1.165) is 6.54 Å². The molecule has 0 aliphatic carbocycles. The fourth-order valence-corrected chi connectivity index (χ4v) is 2.60. The second-order valence-electron chi connectivity index (χ2n) is 3.79. The molecule has 0 N–H and O–H groups in total. The van der Waals surface area contributed by atoms with Gasteiger partial charge in [0.2, 0.25) is 0 Å². The third-order valence-electron chi connectivity index (χ3n) is 2.54. The smallest absolute Gasteiger partial charge is 0.0594 e. The Morgan fingerprint density at radius 1 is 0.938 bits per heavy atom. The average molecular weight is 323 g/mol. The number of para-hydroxylation sites is 1. The molecule has 2 rings (SSSR count). The Balaban J connectivity index is 2.15. The van der Waals surface area contributed by atoms with Gasteiger partial charge in [-0.25, -0.2) is 0 Å². The Morgan fingerprint density at radius 3 is 2.25 bits per heavy atom. The van der Waals surface area contributed by atoms with Crippen LogP contribution in [0, 0.1) is 6.92 Å². The first-order chi connectivity index (χ1) is 7.77. The number of halogens is 1. The minimum atomic E-state index is 0.937. The van der Waals surface area contributed by atoms with Gasteiger partial charge in [-0.05, 0) is 24.1 Å². The molecule has 0 radical (unpaired) electrons. The third-order valence-corrected chi connectivity index (χ3v) is 3.40. The van der Waals surface area contributed by atoms with Crippen molar-refractivity contribution in [2.75, 3.05) is 3.11 Å². The summed E-state index contributed by atoms with van der Waals surface area (Å²) in [7, 11) is 0. The van der Waals surface area contributed by atoms with E-state index >= 15 is 0 Å². The van der Waals surface area contributed by atoms with Gasteiger partial charge >= 0.3 is 0 Å². The first-order valence-electron chi connectivity index (χ1n) is 5.30. The van der Waals surface area contributed by atoms with Gasteiger partial charge in [-0.2, -0.15) is 0 Å². The summed E-state index contributed by atoms with van der Waals surface area (Å²) in [6.07, 6.45) is 0. The van der Waals surface area contributed by atoms with Crippen molar-refractivity contribution in [1.82, 2.24) is 0 Å². The van der Waals surface area contributed by atoms with E-state index in [4.69, 9.17) is 0 Å². The Labute approximate surface area is 111 Å². The highest BCUT2D eigenvalue weighted by Gasteiger charge is 2.05. The van der Waals surface area contributed by atoms with E-state index in [0.29, 0.717) is 0 Å². The summed E-state index contributed by atoms with van der Waals surface area (Å²) in [6, 6.07) is 19.0. The van der Waals surface area contributed by atoms with Gasteiger partial charge in [0.15, 0.2) is 0 Å². The number of aryl methyl sites for hydroxylation is 1. The molecule has 2 heteroatoms. The molecule has 0 saturated heterocycles. The molecular weight excluding hydrogens is 309 g/mol. The standard InChI is InChI=1S/C14H14IN/c1-12-7-5-6-10-14(12)16(15)11-13-8-3-2-4-9-13/h2-10H,11H2,1H3. The van der Waals surface area contributed by atoms with Crippen LogP contribution in [0.15, 0.2) is 54.6 Å². The summed E-state index contributed by atoms with van der Waals surface area (Å²) in [6.45, 7) is 3.08. The third kappa shape index (κ3) is 2.76. The minimum absolute atomic E-state index is 0.937. The van der Waals surface area contributed by atoms with Crippen molar-refractivity contribution in [3.63, 3.8) is 0 Å². The van der Waals surface area contributed by atoms with Crippen molar-refractivity contribution in [1.29, 1.82) is 0 Å². The zero-order valence-electron chi connectivity index (χ0n) is 9.23. The van der Waals surface area contributed by atoms with Gasteiger partial charge in [-0.1, -0.05) is 48.5 Å². The second kappa shape index (κ2) is 5.34. The predicted molar refractivity (Wildman–Crippen MR) is 77.8 cm³/mol. The van der Waals surface area contributed by atoms with Gasteiger partial charge in [0.05, 0.1) is 29.4 Å². The van der Waals surface area contributed by atoms with Crippen LogP contribution in [0.1, 0.15) is 11.1 Å². The molecule has 0 heterocycles. The zero-order chi connectivity index (χ0) is 11.4. The van der Waals surface area contributed by atoms with Gasteiger partial charge in [-0.3, -0.25) is 0 Å². The number of rotatable bonds is 3. The molecule has 0 saturated carbocycles. The maximum absolute atomic E-state index is 2.37. The summed E-state index contributed by atoms with van der Waals surface area (Å²) in [4.78, 5) is 0. The summed E-state index contributed by atoms with van der Waals surface area (Å²) >= 11 is 2.37. The second-order valence-corrected chi connectivity index (χ2v) is 4.96. The van der Waals surface area contributed by atoms with Gasteiger partial charge in [0, 0.05) is 5.69 Å². The van der Waals surface area contributed by atoms with Crippen LogP contribution >= 0.6 is 22.9 Å². The molecule has 1 nitrogen and oxygen atoms in total.